The van der Waals surface area contributed by atoms with Crippen molar-refractivity contribution in [1.29, 1.82) is 0 Å². The second-order valence-electron chi connectivity index (χ2n) is 6.14. The Morgan fingerprint density at radius 2 is 1.79 bits per heavy atom. The van der Waals surface area contributed by atoms with E-state index in [2.05, 4.69) is 4.98 Å². The Labute approximate surface area is 169 Å². The number of thiazole rings is 1. The maximum absolute atomic E-state index is 14.0. The molecule has 3 aromatic rings. The van der Waals surface area contributed by atoms with Gasteiger partial charge in [0.05, 0.1) is 28.6 Å². The zero-order chi connectivity index (χ0) is 20.9. The highest BCUT2D eigenvalue weighted by molar-refractivity contribution is 8.01. The van der Waals surface area contributed by atoms with E-state index < -0.39 is 57.0 Å². The summed E-state index contributed by atoms with van der Waals surface area (Å²) in [5.41, 5.74) is -0.169. The number of benzene rings is 2. The SMILES string of the molecule is O=C(O)CC1Sc2ccccc2N(Cc2nc3c(F)c(F)c(F)c(F)c3s2)C1=O. The van der Waals surface area contributed by atoms with Crippen LogP contribution in [0.1, 0.15) is 11.4 Å². The molecule has 1 unspecified atom stereocenters. The van der Waals surface area contributed by atoms with Crippen LogP contribution in [0.2, 0.25) is 0 Å². The zero-order valence-electron chi connectivity index (χ0n) is 14.3. The van der Waals surface area contributed by atoms with Gasteiger partial charge in [0, 0.05) is 4.90 Å². The molecule has 5 nitrogen and oxygen atoms in total. The van der Waals surface area contributed by atoms with Crippen molar-refractivity contribution in [2.24, 2.45) is 0 Å². The summed E-state index contributed by atoms with van der Waals surface area (Å²) >= 11 is 1.71. The summed E-state index contributed by atoms with van der Waals surface area (Å²) in [6.45, 7) is -0.228. The van der Waals surface area contributed by atoms with Gasteiger partial charge in [0.25, 0.3) is 0 Å². The van der Waals surface area contributed by atoms with E-state index in [1.807, 2.05) is 0 Å². The maximum Gasteiger partial charge on any atom is 0.305 e. The number of para-hydroxylation sites is 1. The third kappa shape index (κ3) is 3.33. The Morgan fingerprint density at radius 3 is 2.52 bits per heavy atom. The van der Waals surface area contributed by atoms with E-state index >= 15 is 0 Å². The van der Waals surface area contributed by atoms with Crippen LogP contribution < -0.4 is 4.90 Å². The Hall–Kier alpha value is -2.66. The molecule has 2 heterocycles. The predicted molar refractivity (Wildman–Crippen MR) is 99.0 cm³/mol. The minimum absolute atomic E-state index is 0.0481. The molecule has 1 aliphatic rings. The van der Waals surface area contributed by atoms with Gasteiger partial charge in [-0.1, -0.05) is 12.1 Å². The number of nitrogens with zero attached hydrogens (tertiary/aromatic N) is 2. The highest BCUT2D eigenvalue weighted by Gasteiger charge is 2.35. The number of carbonyl (C=O) groups is 2. The van der Waals surface area contributed by atoms with Crippen molar-refractivity contribution in [1.82, 2.24) is 4.98 Å². The van der Waals surface area contributed by atoms with Crippen LogP contribution in [-0.2, 0) is 16.1 Å². The summed E-state index contributed by atoms with van der Waals surface area (Å²) in [4.78, 5) is 29.7. The molecule has 11 heteroatoms. The minimum atomic E-state index is -1.95. The van der Waals surface area contributed by atoms with Gasteiger partial charge in [0.2, 0.25) is 5.91 Å². The number of carboxylic acids is 1. The number of thioether (sulfide) groups is 1. The van der Waals surface area contributed by atoms with Gasteiger partial charge in [-0.2, -0.15) is 0 Å². The van der Waals surface area contributed by atoms with E-state index in [9.17, 15) is 27.2 Å². The third-order valence-electron chi connectivity index (χ3n) is 4.28. The normalized spacial score (nSPS) is 16.3. The lowest BCUT2D eigenvalue weighted by Gasteiger charge is -2.32. The first-order valence-electron chi connectivity index (χ1n) is 8.18. The fourth-order valence-corrected chi connectivity index (χ4v) is 5.18. The highest BCUT2D eigenvalue weighted by Crippen LogP contribution is 2.41. The largest absolute Gasteiger partial charge is 0.481 e. The molecule has 0 bridgehead atoms. The third-order valence-corrected chi connectivity index (χ3v) is 6.56. The van der Waals surface area contributed by atoms with Gasteiger partial charge >= 0.3 is 5.97 Å². The van der Waals surface area contributed by atoms with Crippen LogP contribution in [0, 0.1) is 23.3 Å². The Balaban J connectivity index is 1.76. The second-order valence-corrected chi connectivity index (χ2v) is 8.47. The average Bonchev–Trinajstić information content (AvgIpc) is 3.11. The van der Waals surface area contributed by atoms with Crippen molar-refractivity contribution >= 4 is 50.9 Å². The number of hydrogen-bond acceptors (Lipinski definition) is 5. The van der Waals surface area contributed by atoms with E-state index in [1.54, 1.807) is 24.3 Å². The van der Waals surface area contributed by atoms with Crippen molar-refractivity contribution < 1.29 is 32.3 Å². The number of aromatic nitrogens is 1. The Bertz CT molecular complexity index is 1120. The van der Waals surface area contributed by atoms with Crippen molar-refractivity contribution in [2.75, 3.05) is 4.90 Å². The van der Waals surface area contributed by atoms with Crippen LogP contribution in [0.5, 0.6) is 0 Å². The Morgan fingerprint density at radius 1 is 1.10 bits per heavy atom. The fourth-order valence-electron chi connectivity index (χ4n) is 2.99. The molecule has 0 aliphatic carbocycles. The first-order chi connectivity index (χ1) is 13.8. The summed E-state index contributed by atoms with van der Waals surface area (Å²) in [5.74, 6) is -8.69. The molecule has 0 spiro atoms. The highest BCUT2D eigenvalue weighted by atomic mass is 32.2. The molecule has 2 aromatic carbocycles. The number of anilines is 1. The molecule has 0 saturated carbocycles. The molecular formula is C18H10F4N2O3S2. The average molecular weight is 442 g/mol. The van der Waals surface area contributed by atoms with Gasteiger partial charge in [-0.3, -0.25) is 9.59 Å². The summed E-state index contributed by atoms with van der Waals surface area (Å²) in [5, 5.41) is 8.23. The molecule has 1 N–H and O–H groups in total. The van der Waals surface area contributed by atoms with Gasteiger partial charge in [-0.05, 0) is 12.1 Å². The maximum atomic E-state index is 14.0. The lowest BCUT2D eigenvalue weighted by molar-refractivity contribution is -0.138. The molecule has 4 rings (SSSR count). The van der Waals surface area contributed by atoms with Crippen LogP contribution in [0.15, 0.2) is 29.2 Å². The molecular weight excluding hydrogens is 432 g/mol. The minimum Gasteiger partial charge on any atom is -0.481 e. The van der Waals surface area contributed by atoms with Crippen molar-refractivity contribution in [3.05, 3.63) is 52.5 Å². The van der Waals surface area contributed by atoms with Gasteiger partial charge in [0.1, 0.15) is 10.5 Å². The number of hydrogen-bond donors (Lipinski definition) is 1. The van der Waals surface area contributed by atoms with Crippen LogP contribution >= 0.6 is 23.1 Å². The van der Waals surface area contributed by atoms with Gasteiger partial charge < -0.3 is 10.0 Å². The number of amides is 1. The molecule has 1 amide bonds. The van der Waals surface area contributed by atoms with Gasteiger partial charge in [-0.25, -0.2) is 22.5 Å². The van der Waals surface area contributed by atoms with Gasteiger partial charge in [-0.15, -0.1) is 23.1 Å². The number of carboxylic acid groups (broad SMARTS) is 1. The molecule has 0 radical (unpaired) electrons. The molecule has 1 atom stereocenters. The number of halogens is 4. The van der Waals surface area contributed by atoms with Crippen LogP contribution in [-0.4, -0.2) is 27.2 Å². The smallest absolute Gasteiger partial charge is 0.305 e. The molecule has 1 aromatic heterocycles. The lowest BCUT2D eigenvalue weighted by atomic mass is 10.2. The first kappa shape index (κ1) is 19.6. The lowest BCUT2D eigenvalue weighted by Crippen LogP contribution is -2.41. The predicted octanol–water partition coefficient (Wildman–Crippen LogP) is 4.33. The molecule has 29 heavy (non-hydrogen) atoms. The van der Waals surface area contributed by atoms with Crippen LogP contribution in [0.3, 0.4) is 0 Å². The molecule has 150 valence electrons. The monoisotopic (exact) mass is 442 g/mol. The zero-order valence-corrected chi connectivity index (χ0v) is 15.9. The topological polar surface area (TPSA) is 70.5 Å². The summed E-state index contributed by atoms with van der Waals surface area (Å²) in [6.07, 6.45) is -0.409. The van der Waals surface area contributed by atoms with Crippen LogP contribution in [0.4, 0.5) is 23.2 Å². The second kappa shape index (κ2) is 7.30. The fraction of sp³-hybridized carbons (Fsp3) is 0.167. The van der Waals surface area contributed by atoms with Crippen molar-refractivity contribution in [3.8, 4) is 0 Å². The molecule has 0 fully saturated rings. The van der Waals surface area contributed by atoms with E-state index in [-0.39, 0.29) is 11.6 Å². The number of aliphatic carboxylic acids is 1. The quantitative estimate of drug-likeness (QED) is 0.370. The van der Waals surface area contributed by atoms with Crippen LogP contribution in [0.25, 0.3) is 10.2 Å². The first-order valence-corrected chi connectivity index (χ1v) is 9.87. The van der Waals surface area contributed by atoms with E-state index in [1.165, 1.54) is 4.90 Å². The summed E-state index contributed by atoms with van der Waals surface area (Å²) < 4.78 is 54.4. The van der Waals surface area contributed by atoms with E-state index in [0.717, 1.165) is 11.8 Å². The Kier molecular flexibility index (Phi) is 4.95. The number of fused-ring (bicyclic) bond motifs is 2. The number of carbonyl (C=O) groups excluding carboxylic acids is 1. The van der Waals surface area contributed by atoms with E-state index in [0.29, 0.717) is 21.9 Å². The van der Waals surface area contributed by atoms with Gasteiger partial charge in [0.15, 0.2) is 23.3 Å². The van der Waals surface area contributed by atoms with Crippen molar-refractivity contribution in [2.45, 2.75) is 23.1 Å². The summed E-state index contributed by atoms with van der Waals surface area (Å²) in [7, 11) is 0. The number of rotatable bonds is 4. The van der Waals surface area contributed by atoms with Crippen molar-refractivity contribution in [3.63, 3.8) is 0 Å². The van der Waals surface area contributed by atoms with E-state index in [4.69, 9.17) is 5.11 Å². The molecule has 0 saturated heterocycles. The standard InChI is InChI=1S/C18H10F4N2O3S2/c19-12-13(20)15(22)17-16(14(12)21)23-10(29-17)6-24-7-3-1-2-4-8(7)28-9(18(24)27)5-11(25)26/h1-4,9H,5-6H2,(H,25,26). The molecule has 1 aliphatic heterocycles. The summed E-state index contributed by atoms with van der Waals surface area (Å²) in [6, 6.07) is 6.77.